The zero-order chi connectivity index (χ0) is 21.7. The third kappa shape index (κ3) is 4.80. The molecule has 1 aromatic heterocycles. The summed E-state index contributed by atoms with van der Waals surface area (Å²) in [5.74, 6) is -0.0208. The van der Waals surface area contributed by atoms with Gasteiger partial charge in [-0.2, -0.15) is 0 Å². The second-order valence-corrected chi connectivity index (χ2v) is 7.36. The van der Waals surface area contributed by atoms with Crippen LogP contribution in [-0.2, 0) is 11.3 Å². The number of nitrogens with two attached hydrogens (primary N) is 1. The number of halogens is 1. The number of ether oxygens (including phenoxy) is 1. The summed E-state index contributed by atoms with van der Waals surface area (Å²) in [7, 11) is 0. The van der Waals surface area contributed by atoms with Crippen LogP contribution in [0.2, 0.25) is 0 Å². The number of H-pyrrole nitrogens is 1. The molecule has 0 fully saturated rings. The van der Waals surface area contributed by atoms with Crippen LogP contribution in [0.3, 0.4) is 0 Å². The van der Waals surface area contributed by atoms with E-state index in [2.05, 4.69) is 20.9 Å². The number of rotatable bonds is 7. The highest BCUT2D eigenvalue weighted by Crippen LogP contribution is 2.19. The first-order valence-electron chi connectivity index (χ1n) is 9.26. The average molecular weight is 473 g/mol. The van der Waals surface area contributed by atoms with E-state index in [-0.39, 0.29) is 31.2 Å². The maximum atomic E-state index is 12.8. The van der Waals surface area contributed by atoms with Crippen LogP contribution in [0.5, 0.6) is 5.75 Å². The normalized spacial score (nSPS) is 10.6. The van der Waals surface area contributed by atoms with Gasteiger partial charge in [-0.25, -0.2) is 4.79 Å². The van der Waals surface area contributed by atoms with Crippen molar-refractivity contribution in [1.29, 1.82) is 0 Å². The molecule has 0 radical (unpaired) electrons. The van der Waals surface area contributed by atoms with Crippen LogP contribution in [-0.4, -0.2) is 28.6 Å². The van der Waals surface area contributed by atoms with Crippen molar-refractivity contribution in [3.63, 3.8) is 0 Å². The quantitative estimate of drug-likeness (QED) is 0.548. The van der Waals surface area contributed by atoms with Crippen molar-refractivity contribution in [2.24, 2.45) is 0 Å². The van der Waals surface area contributed by atoms with E-state index >= 15 is 0 Å². The number of benzene rings is 2. The molecule has 8 nitrogen and oxygen atoms in total. The van der Waals surface area contributed by atoms with Crippen molar-refractivity contribution in [3.05, 3.63) is 85.5 Å². The van der Waals surface area contributed by atoms with Gasteiger partial charge < -0.3 is 15.4 Å². The van der Waals surface area contributed by atoms with Crippen LogP contribution in [0, 0.1) is 0 Å². The van der Waals surface area contributed by atoms with E-state index in [4.69, 9.17) is 10.5 Å². The second-order valence-electron chi connectivity index (χ2n) is 6.45. The first-order valence-corrected chi connectivity index (χ1v) is 10.0. The van der Waals surface area contributed by atoms with E-state index in [1.54, 1.807) is 31.2 Å². The molecule has 2 aromatic carbocycles. The Bertz CT molecular complexity index is 1140. The molecule has 156 valence electrons. The van der Waals surface area contributed by atoms with Crippen molar-refractivity contribution < 1.29 is 9.53 Å². The third-order valence-electron chi connectivity index (χ3n) is 4.46. The summed E-state index contributed by atoms with van der Waals surface area (Å²) in [6, 6.07) is 16.2. The molecule has 3 aromatic rings. The predicted molar refractivity (Wildman–Crippen MR) is 119 cm³/mol. The highest BCUT2D eigenvalue weighted by atomic mass is 79.9. The molecule has 9 heteroatoms. The van der Waals surface area contributed by atoms with Crippen molar-refractivity contribution in [3.8, 4) is 5.75 Å². The largest absolute Gasteiger partial charge is 0.484 e. The Balaban J connectivity index is 1.88. The van der Waals surface area contributed by atoms with Gasteiger partial charge in [-0.3, -0.25) is 19.1 Å². The molecule has 3 rings (SSSR count). The number of carbonyl (C=O) groups excluding carboxylic acids is 1. The molecule has 0 atom stereocenters. The number of likely N-dealkylation sites (N-methyl/N-ethyl adjacent to an activating group) is 1. The van der Waals surface area contributed by atoms with Crippen LogP contribution in [0.25, 0.3) is 0 Å². The Labute approximate surface area is 181 Å². The standard InChI is InChI=1S/C21H21BrN4O4/c1-2-25(17(27)13-30-16-10-8-15(22)9-11-16)18-19(23)26(21(29)24-20(18)28)12-14-6-4-3-5-7-14/h3-11H,2,12-13,23H2,1H3,(H,24,28,29). The van der Waals surface area contributed by atoms with E-state index in [0.29, 0.717) is 5.75 Å². The van der Waals surface area contributed by atoms with Gasteiger partial charge in [0.05, 0.1) is 6.54 Å². The number of aromatic amines is 1. The van der Waals surface area contributed by atoms with Gasteiger partial charge in [0.15, 0.2) is 12.3 Å². The summed E-state index contributed by atoms with van der Waals surface area (Å²) in [4.78, 5) is 41.1. The summed E-state index contributed by atoms with van der Waals surface area (Å²) >= 11 is 3.33. The number of anilines is 2. The lowest BCUT2D eigenvalue weighted by atomic mass is 10.2. The van der Waals surface area contributed by atoms with E-state index in [1.165, 1.54) is 9.47 Å². The molecule has 1 amide bonds. The monoisotopic (exact) mass is 472 g/mol. The van der Waals surface area contributed by atoms with Crippen LogP contribution >= 0.6 is 15.9 Å². The topological polar surface area (TPSA) is 110 Å². The number of nitrogen functional groups attached to an aromatic ring is 1. The number of nitrogens with zero attached hydrogens (tertiary/aromatic N) is 2. The fraction of sp³-hybridized carbons (Fsp3) is 0.190. The smallest absolute Gasteiger partial charge is 0.330 e. The van der Waals surface area contributed by atoms with E-state index in [0.717, 1.165) is 10.0 Å². The fourth-order valence-electron chi connectivity index (χ4n) is 2.97. The van der Waals surface area contributed by atoms with E-state index in [1.807, 2.05) is 30.3 Å². The van der Waals surface area contributed by atoms with Gasteiger partial charge in [-0.1, -0.05) is 46.3 Å². The van der Waals surface area contributed by atoms with Crippen molar-refractivity contribution in [2.45, 2.75) is 13.5 Å². The number of carbonyl (C=O) groups is 1. The maximum absolute atomic E-state index is 12.8. The Morgan fingerprint density at radius 1 is 1.13 bits per heavy atom. The summed E-state index contributed by atoms with van der Waals surface area (Å²) in [5, 5.41) is 0. The lowest BCUT2D eigenvalue weighted by Gasteiger charge is -2.23. The van der Waals surface area contributed by atoms with Crippen molar-refractivity contribution in [2.75, 3.05) is 23.8 Å². The zero-order valence-corrected chi connectivity index (χ0v) is 17.9. The molecular weight excluding hydrogens is 452 g/mol. The predicted octanol–water partition coefficient (Wildman–Crippen LogP) is 2.36. The highest BCUT2D eigenvalue weighted by molar-refractivity contribution is 9.10. The number of nitrogens with one attached hydrogen (secondary N) is 1. The molecule has 0 aliphatic rings. The molecule has 0 unspecified atom stereocenters. The van der Waals surface area contributed by atoms with Gasteiger partial charge >= 0.3 is 5.69 Å². The minimum Gasteiger partial charge on any atom is -0.484 e. The summed E-state index contributed by atoms with van der Waals surface area (Å²) < 4.78 is 7.64. The molecule has 30 heavy (non-hydrogen) atoms. The van der Waals surface area contributed by atoms with Crippen LogP contribution in [0.4, 0.5) is 11.5 Å². The number of aromatic nitrogens is 2. The summed E-state index contributed by atoms with van der Waals surface area (Å²) in [5.41, 5.74) is 5.57. The van der Waals surface area contributed by atoms with Gasteiger partial charge in [0, 0.05) is 11.0 Å². The first kappa shape index (κ1) is 21.4. The molecule has 1 heterocycles. The highest BCUT2D eigenvalue weighted by Gasteiger charge is 2.23. The Morgan fingerprint density at radius 3 is 2.43 bits per heavy atom. The Kier molecular flexibility index (Phi) is 6.73. The molecule has 0 aliphatic carbocycles. The summed E-state index contributed by atoms with van der Waals surface area (Å²) in [6.45, 7) is 1.77. The van der Waals surface area contributed by atoms with Crippen molar-refractivity contribution in [1.82, 2.24) is 9.55 Å². The van der Waals surface area contributed by atoms with E-state index < -0.39 is 17.2 Å². The molecule has 0 bridgehead atoms. The SMILES string of the molecule is CCN(C(=O)COc1ccc(Br)cc1)c1c(N)n(Cc2ccccc2)c(=O)[nH]c1=O. The second kappa shape index (κ2) is 9.45. The minimum absolute atomic E-state index is 0.0718. The lowest BCUT2D eigenvalue weighted by Crippen LogP contribution is -2.42. The summed E-state index contributed by atoms with van der Waals surface area (Å²) in [6.07, 6.45) is 0. The maximum Gasteiger partial charge on any atom is 0.330 e. The Hall–Kier alpha value is -3.33. The minimum atomic E-state index is -0.722. The average Bonchev–Trinajstić information content (AvgIpc) is 2.74. The van der Waals surface area contributed by atoms with Crippen LogP contribution in [0.1, 0.15) is 12.5 Å². The van der Waals surface area contributed by atoms with Gasteiger partial charge in [-0.05, 0) is 36.8 Å². The number of hydrogen-bond donors (Lipinski definition) is 2. The zero-order valence-electron chi connectivity index (χ0n) is 16.3. The fourth-order valence-corrected chi connectivity index (χ4v) is 3.24. The van der Waals surface area contributed by atoms with Gasteiger partial charge in [0.1, 0.15) is 11.6 Å². The Morgan fingerprint density at radius 2 is 1.80 bits per heavy atom. The first-order chi connectivity index (χ1) is 14.4. The lowest BCUT2D eigenvalue weighted by molar-refractivity contribution is -0.120. The third-order valence-corrected chi connectivity index (χ3v) is 4.99. The van der Waals surface area contributed by atoms with Gasteiger partial charge in [-0.15, -0.1) is 0 Å². The van der Waals surface area contributed by atoms with Crippen molar-refractivity contribution >= 4 is 33.3 Å². The molecule has 0 aliphatic heterocycles. The van der Waals surface area contributed by atoms with Crippen LogP contribution in [0.15, 0.2) is 68.7 Å². The molecule has 0 spiro atoms. The van der Waals surface area contributed by atoms with E-state index in [9.17, 15) is 14.4 Å². The molecule has 0 saturated carbocycles. The number of hydrogen-bond acceptors (Lipinski definition) is 5. The van der Waals surface area contributed by atoms with Gasteiger partial charge in [0.2, 0.25) is 0 Å². The van der Waals surface area contributed by atoms with Gasteiger partial charge in [0.25, 0.3) is 11.5 Å². The van der Waals surface area contributed by atoms with Crippen LogP contribution < -0.4 is 26.6 Å². The number of amides is 1. The molecule has 3 N–H and O–H groups in total. The molecule has 0 saturated heterocycles. The molecular formula is C21H21BrN4O4.